The molecule has 1 aromatic carbocycles. The predicted molar refractivity (Wildman–Crippen MR) is 51.8 cm³/mol. The van der Waals surface area contributed by atoms with Crippen LogP contribution in [-0.2, 0) is 16.5 Å². The summed E-state index contributed by atoms with van der Waals surface area (Å²) in [6.45, 7) is 0.599. The minimum absolute atomic E-state index is 0. The number of hydrogen-bond donors (Lipinski definition) is 1. The maximum atomic E-state index is 10.6. The Morgan fingerprint density at radius 2 is 1.73 bits per heavy atom. The largest absolute Gasteiger partial charge is 1.00 e. The van der Waals surface area contributed by atoms with Gasteiger partial charge in [0.2, 0.25) is 0 Å². The van der Waals surface area contributed by atoms with Crippen molar-refractivity contribution in [2.24, 2.45) is 5.73 Å². The van der Waals surface area contributed by atoms with Crippen LogP contribution in [0.5, 0.6) is 0 Å². The van der Waals surface area contributed by atoms with E-state index in [4.69, 9.17) is 5.73 Å². The Morgan fingerprint density at radius 1 is 1.20 bits per heavy atom. The van der Waals surface area contributed by atoms with E-state index in [-0.39, 0.29) is 34.5 Å². The summed E-state index contributed by atoms with van der Waals surface area (Å²) in [7, 11) is -4.31. The second-order valence-electron chi connectivity index (χ2n) is 2.99. The summed E-state index contributed by atoms with van der Waals surface area (Å²) in [6.07, 6.45) is 1.65. The Kier molecular flexibility index (Phi) is 6.66. The van der Waals surface area contributed by atoms with Crippen molar-refractivity contribution in [3.63, 3.8) is 0 Å². The van der Waals surface area contributed by atoms with Crippen LogP contribution < -0.4 is 35.3 Å². The van der Waals surface area contributed by atoms with Crippen molar-refractivity contribution < 1.29 is 42.5 Å². The molecule has 2 N–H and O–H groups in total. The molecule has 78 valence electrons. The molecule has 0 radical (unpaired) electrons. The van der Waals surface area contributed by atoms with Crippen LogP contribution in [0.1, 0.15) is 12.0 Å². The zero-order valence-corrected chi connectivity index (χ0v) is 11.5. The van der Waals surface area contributed by atoms with Gasteiger partial charge in [0.05, 0.1) is 4.90 Å². The van der Waals surface area contributed by atoms with E-state index >= 15 is 0 Å². The van der Waals surface area contributed by atoms with Crippen LogP contribution in [0.15, 0.2) is 29.2 Å². The molecule has 0 spiro atoms. The number of aryl methyl sites for hydroxylation is 1. The quantitative estimate of drug-likeness (QED) is 0.463. The normalized spacial score (nSPS) is 10.8. The summed E-state index contributed by atoms with van der Waals surface area (Å²) in [6, 6.07) is 5.93. The Labute approximate surface area is 112 Å². The SMILES string of the molecule is NCCCc1ccc(S(=O)(=O)[O-])cc1.[Na+]. The Hall–Kier alpha value is 0.0900. The molecule has 0 heterocycles. The Morgan fingerprint density at radius 3 is 2.13 bits per heavy atom. The molecule has 1 rings (SSSR count). The monoisotopic (exact) mass is 237 g/mol. The third-order valence-corrected chi connectivity index (χ3v) is 2.73. The van der Waals surface area contributed by atoms with E-state index in [9.17, 15) is 13.0 Å². The summed E-state index contributed by atoms with van der Waals surface area (Å²) in [4.78, 5) is -0.186. The van der Waals surface area contributed by atoms with Crippen LogP contribution >= 0.6 is 0 Å². The zero-order valence-electron chi connectivity index (χ0n) is 8.64. The first-order chi connectivity index (χ1) is 6.54. The van der Waals surface area contributed by atoms with Gasteiger partial charge >= 0.3 is 29.6 Å². The summed E-state index contributed by atoms with van der Waals surface area (Å²) in [5, 5.41) is 0. The summed E-state index contributed by atoms with van der Waals surface area (Å²) < 4.78 is 31.7. The van der Waals surface area contributed by atoms with Gasteiger partial charge in [-0.1, -0.05) is 12.1 Å². The average Bonchev–Trinajstić information content (AvgIpc) is 2.14. The molecule has 0 fully saturated rings. The van der Waals surface area contributed by atoms with Gasteiger partial charge in [0.1, 0.15) is 10.1 Å². The van der Waals surface area contributed by atoms with Gasteiger partial charge in [-0.15, -0.1) is 0 Å². The zero-order chi connectivity index (χ0) is 10.6. The maximum absolute atomic E-state index is 10.6. The number of benzene rings is 1. The molecule has 0 aliphatic heterocycles. The second kappa shape index (κ2) is 6.62. The second-order valence-corrected chi connectivity index (χ2v) is 4.37. The predicted octanol–water partition coefficient (Wildman–Crippen LogP) is -2.51. The van der Waals surface area contributed by atoms with Crippen LogP contribution in [0, 0.1) is 0 Å². The number of rotatable bonds is 4. The van der Waals surface area contributed by atoms with Gasteiger partial charge in [-0.2, -0.15) is 0 Å². The molecule has 0 unspecified atom stereocenters. The smallest absolute Gasteiger partial charge is 0.744 e. The first-order valence-electron chi connectivity index (χ1n) is 4.29. The van der Waals surface area contributed by atoms with Gasteiger partial charge < -0.3 is 10.3 Å². The standard InChI is InChI=1S/C9H13NO3S.Na/c10-7-1-2-8-3-5-9(6-4-8)14(11,12)13;/h3-6H,1-2,7,10H2,(H,11,12,13);/q;+1/p-1. The van der Waals surface area contributed by atoms with Crippen LogP contribution in [0.25, 0.3) is 0 Å². The molecule has 1 aromatic rings. The molecular formula is C9H12NNaO3S. The number of nitrogens with two attached hydrogens (primary N) is 1. The summed E-state index contributed by atoms with van der Waals surface area (Å²) in [5.74, 6) is 0. The minimum Gasteiger partial charge on any atom is -0.744 e. The Balaban J connectivity index is 0.00000196. The molecule has 4 nitrogen and oxygen atoms in total. The fourth-order valence-electron chi connectivity index (χ4n) is 1.13. The topological polar surface area (TPSA) is 83.2 Å². The van der Waals surface area contributed by atoms with Gasteiger partial charge in [0.15, 0.2) is 0 Å². The number of hydrogen-bond acceptors (Lipinski definition) is 4. The third-order valence-electron chi connectivity index (χ3n) is 1.88. The van der Waals surface area contributed by atoms with E-state index in [0.717, 1.165) is 18.4 Å². The summed E-state index contributed by atoms with van der Waals surface area (Å²) >= 11 is 0. The van der Waals surface area contributed by atoms with E-state index in [0.29, 0.717) is 6.54 Å². The van der Waals surface area contributed by atoms with Gasteiger partial charge in [0.25, 0.3) is 0 Å². The van der Waals surface area contributed by atoms with E-state index in [1.165, 1.54) is 12.1 Å². The first kappa shape index (κ1) is 15.1. The molecule has 6 heteroatoms. The van der Waals surface area contributed by atoms with Crippen LogP contribution in [0.2, 0.25) is 0 Å². The van der Waals surface area contributed by atoms with Crippen molar-refractivity contribution >= 4 is 10.1 Å². The molecule has 0 bridgehead atoms. The van der Waals surface area contributed by atoms with Crippen molar-refractivity contribution in [3.05, 3.63) is 29.8 Å². The molecule has 0 saturated carbocycles. The van der Waals surface area contributed by atoms with Gasteiger partial charge in [0, 0.05) is 0 Å². The van der Waals surface area contributed by atoms with E-state index in [2.05, 4.69) is 0 Å². The Bertz CT molecular complexity index is 388. The van der Waals surface area contributed by atoms with E-state index in [1.807, 2.05) is 0 Å². The minimum atomic E-state index is -4.31. The fourth-order valence-corrected chi connectivity index (χ4v) is 1.60. The van der Waals surface area contributed by atoms with Crippen molar-refractivity contribution in [1.29, 1.82) is 0 Å². The van der Waals surface area contributed by atoms with Crippen molar-refractivity contribution in [1.82, 2.24) is 0 Å². The molecule has 15 heavy (non-hydrogen) atoms. The van der Waals surface area contributed by atoms with E-state index < -0.39 is 10.1 Å². The van der Waals surface area contributed by atoms with Crippen LogP contribution in [0.3, 0.4) is 0 Å². The van der Waals surface area contributed by atoms with Gasteiger partial charge in [-0.05, 0) is 37.1 Å². The third kappa shape index (κ3) is 5.10. The van der Waals surface area contributed by atoms with Crippen molar-refractivity contribution in [3.8, 4) is 0 Å². The fraction of sp³-hybridized carbons (Fsp3) is 0.333. The van der Waals surface area contributed by atoms with Crippen molar-refractivity contribution in [2.45, 2.75) is 17.7 Å². The van der Waals surface area contributed by atoms with E-state index in [1.54, 1.807) is 12.1 Å². The average molecular weight is 237 g/mol. The molecule has 0 aliphatic rings. The molecule has 0 atom stereocenters. The summed E-state index contributed by atoms with van der Waals surface area (Å²) in [5.41, 5.74) is 6.32. The van der Waals surface area contributed by atoms with Gasteiger partial charge in [-0.3, -0.25) is 0 Å². The molecule has 0 saturated heterocycles. The van der Waals surface area contributed by atoms with Crippen LogP contribution in [-0.4, -0.2) is 19.5 Å². The molecule has 0 aliphatic carbocycles. The first-order valence-corrected chi connectivity index (χ1v) is 5.70. The maximum Gasteiger partial charge on any atom is 1.00 e. The molecule has 0 amide bonds. The van der Waals surface area contributed by atoms with Crippen LogP contribution in [0.4, 0.5) is 0 Å². The van der Waals surface area contributed by atoms with Gasteiger partial charge in [-0.25, -0.2) is 8.42 Å². The molecule has 0 aromatic heterocycles. The van der Waals surface area contributed by atoms with Crippen molar-refractivity contribution in [2.75, 3.05) is 6.54 Å². The molecular weight excluding hydrogens is 225 g/mol.